The summed E-state index contributed by atoms with van der Waals surface area (Å²) in [7, 11) is -3.61. The minimum atomic E-state index is -3.61. The van der Waals surface area contributed by atoms with Gasteiger partial charge >= 0.3 is 0 Å². The fourth-order valence-corrected chi connectivity index (χ4v) is 5.23. The standard InChI is InChI=1S/C18H19N3O4S3/c22-21(23)15-8-6-14(7-9-15)12-16-13-19(10-11-20(16)18(26)27)28(24,25)17-4-2-1-3-5-17/h1-9,16H,10-13H2,(H,26,27). The highest BCUT2D eigenvalue weighted by Crippen LogP contribution is 2.23. The molecule has 0 amide bonds. The molecule has 0 aromatic heterocycles. The van der Waals surface area contributed by atoms with Gasteiger partial charge in [-0.3, -0.25) is 10.1 Å². The molecule has 28 heavy (non-hydrogen) atoms. The largest absolute Gasteiger partial charge is 0.352 e. The van der Waals surface area contributed by atoms with Crippen molar-refractivity contribution in [3.63, 3.8) is 0 Å². The Balaban J connectivity index is 1.82. The zero-order chi connectivity index (χ0) is 20.3. The summed E-state index contributed by atoms with van der Waals surface area (Å²) in [5, 5.41) is 10.8. The van der Waals surface area contributed by atoms with Gasteiger partial charge in [-0.25, -0.2) is 8.42 Å². The van der Waals surface area contributed by atoms with Crippen LogP contribution in [0.5, 0.6) is 0 Å². The van der Waals surface area contributed by atoms with Crippen LogP contribution in [0.1, 0.15) is 5.56 Å². The SMILES string of the molecule is O=[N+]([O-])c1ccc(CC2CN(S(=O)(=O)c3ccccc3)CCN2C(=S)S)cc1. The molecule has 10 heteroatoms. The van der Waals surface area contributed by atoms with Crippen LogP contribution >= 0.6 is 24.8 Å². The maximum atomic E-state index is 13.0. The molecule has 0 radical (unpaired) electrons. The normalized spacial score (nSPS) is 18.0. The van der Waals surface area contributed by atoms with Crippen molar-refractivity contribution in [1.82, 2.24) is 9.21 Å². The lowest BCUT2D eigenvalue weighted by molar-refractivity contribution is -0.384. The molecule has 0 aliphatic carbocycles. The zero-order valence-corrected chi connectivity index (χ0v) is 17.4. The molecule has 1 fully saturated rings. The summed E-state index contributed by atoms with van der Waals surface area (Å²) in [6, 6.07) is 14.4. The van der Waals surface area contributed by atoms with Crippen molar-refractivity contribution < 1.29 is 13.3 Å². The van der Waals surface area contributed by atoms with Crippen LogP contribution in [0.25, 0.3) is 0 Å². The lowest BCUT2D eigenvalue weighted by atomic mass is 10.0. The van der Waals surface area contributed by atoms with Crippen molar-refractivity contribution in [2.24, 2.45) is 0 Å². The second kappa shape index (κ2) is 8.56. The zero-order valence-electron chi connectivity index (χ0n) is 14.8. The molecule has 7 nitrogen and oxygen atoms in total. The second-order valence-corrected chi connectivity index (χ2v) is 9.48. The lowest BCUT2D eigenvalue weighted by Gasteiger charge is -2.41. The van der Waals surface area contributed by atoms with Crippen LogP contribution in [0.3, 0.4) is 0 Å². The predicted molar refractivity (Wildman–Crippen MR) is 114 cm³/mol. The maximum Gasteiger partial charge on any atom is 0.269 e. The molecular formula is C18H19N3O4S3. The van der Waals surface area contributed by atoms with E-state index in [9.17, 15) is 18.5 Å². The van der Waals surface area contributed by atoms with Gasteiger partial charge in [-0.05, 0) is 24.1 Å². The first-order chi connectivity index (χ1) is 13.3. The first-order valence-corrected chi connectivity index (χ1v) is 10.9. The molecule has 2 aromatic rings. The van der Waals surface area contributed by atoms with Gasteiger partial charge in [0, 0.05) is 37.8 Å². The molecule has 1 heterocycles. The molecule has 0 N–H and O–H groups in total. The molecule has 1 saturated heterocycles. The highest BCUT2D eigenvalue weighted by atomic mass is 32.2. The highest BCUT2D eigenvalue weighted by molar-refractivity contribution is 8.10. The molecule has 148 valence electrons. The number of nitro benzene ring substituents is 1. The van der Waals surface area contributed by atoms with Crippen LogP contribution in [0.2, 0.25) is 0 Å². The highest BCUT2D eigenvalue weighted by Gasteiger charge is 2.34. The monoisotopic (exact) mass is 437 g/mol. The number of benzene rings is 2. The van der Waals surface area contributed by atoms with Gasteiger partial charge in [0.05, 0.1) is 9.82 Å². The Labute approximate surface area is 174 Å². The molecule has 2 aromatic carbocycles. The van der Waals surface area contributed by atoms with Crippen LogP contribution in [0.4, 0.5) is 5.69 Å². The second-order valence-electron chi connectivity index (χ2n) is 6.43. The molecule has 0 spiro atoms. The van der Waals surface area contributed by atoms with Crippen molar-refractivity contribution in [3.05, 3.63) is 70.3 Å². The van der Waals surface area contributed by atoms with Crippen molar-refractivity contribution in [2.45, 2.75) is 17.4 Å². The first-order valence-electron chi connectivity index (χ1n) is 8.57. The molecule has 0 saturated carbocycles. The number of hydrogen-bond donors (Lipinski definition) is 1. The third-order valence-electron chi connectivity index (χ3n) is 4.69. The number of nitrogens with zero attached hydrogens (tertiary/aromatic N) is 3. The average molecular weight is 438 g/mol. The van der Waals surface area contributed by atoms with E-state index >= 15 is 0 Å². The van der Waals surface area contributed by atoms with Gasteiger partial charge in [0.15, 0.2) is 0 Å². The van der Waals surface area contributed by atoms with Crippen LogP contribution in [0.15, 0.2) is 59.5 Å². The molecule has 1 aliphatic heterocycles. The van der Waals surface area contributed by atoms with E-state index < -0.39 is 14.9 Å². The Hall–Kier alpha value is -2.01. The summed E-state index contributed by atoms with van der Waals surface area (Å²) in [4.78, 5) is 12.5. The van der Waals surface area contributed by atoms with E-state index in [1.165, 1.54) is 16.4 Å². The Morgan fingerprint density at radius 3 is 2.36 bits per heavy atom. The predicted octanol–water partition coefficient (Wildman–Crippen LogP) is 2.73. The van der Waals surface area contributed by atoms with Crippen molar-refractivity contribution in [3.8, 4) is 0 Å². The third-order valence-corrected chi connectivity index (χ3v) is 7.06. The molecule has 0 bridgehead atoms. The Bertz CT molecular complexity index is 965. The summed E-state index contributed by atoms with van der Waals surface area (Å²) < 4.78 is 27.8. The molecule has 3 rings (SSSR count). The van der Waals surface area contributed by atoms with E-state index in [4.69, 9.17) is 12.2 Å². The lowest BCUT2D eigenvalue weighted by Crippen LogP contribution is -2.56. The number of piperazine rings is 1. The van der Waals surface area contributed by atoms with E-state index in [0.717, 1.165) is 5.56 Å². The van der Waals surface area contributed by atoms with Crippen LogP contribution < -0.4 is 0 Å². The first kappa shape index (κ1) is 20.7. The average Bonchev–Trinajstić information content (AvgIpc) is 2.69. The molecule has 1 unspecified atom stereocenters. The fourth-order valence-electron chi connectivity index (χ4n) is 3.24. The summed E-state index contributed by atoms with van der Waals surface area (Å²) in [6.45, 7) is 1.01. The Morgan fingerprint density at radius 1 is 1.14 bits per heavy atom. The summed E-state index contributed by atoms with van der Waals surface area (Å²) in [5.41, 5.74) is 0.881. The third kappa shape index (κ3) is 4.52. The van der Waals surface area contributed by atoms with E-state index in [0.29, 0.717) is 23.8 Å². The van der Waals surface area contributed by atoms with Crippen molar-refractivity contribution in [1.29, 1.82) is 0 Å². The fraction of sp³-hybridized carbons (Fsp3) is 0.278. The number of thiol groups is 1. The van der Waals surface area contributed by atoms with Gasteiger partial charge in [-0.1, -0.05) is 42.5 Å². The number of thiocarbonyl (C=S) groups is 1. The minimum Gasteiger partial charge on any atom is -0.352 e. The quantitative estimate of drug-likeness (QED) is 0.335. The number of rotatable bonds is 5. The van der Waals surface area contributed by atoms with Crippen molar-refractivity contribution >= 4 is 44.9 Å². The smallest absolute Gasteiger partial charge is 0.269 e. The van der Waals surface area contributed by atoms with Gasteiger partial charge in [0.25, 0.3) is 5.69 Å². The topological polar surface area (TPSA) is 83.8 Å². The van der Waals surface area contributed by atoms with Crippen LogP contribution in [-0.4, -0.2) is 52.5 Å². The number of non-ortho nitro benzene ring substituents is 1. The van der Waals surface area contributed by atoms with E-state index in [1.54, 1.807) is 42.5 Å². The van der Waals surface area contributed by atoms with Gasteiger partial charge in [0.1, 0.15) is 4.32 Å². The Kier molecular flexibility index (Phi) is 6.33. The summed E-state index contributed by atoms with van der Waals surface area (Å²) in [6.07, 6.45) is 0.500. The van der Waals surface area contributed by atoms with Gasteiger partial charge in [-0.15, -0.1) is 12.6 Å². The number of sulfonamides is 1. The van der Waals surface area contributed by atoms with Gasteiger partial charge in [-0.2, -0.15) is 4.31 Å². The van der Waals surface area contributed by atoms with Gasteiger partial charge < -0.3 is 4.90 Å². The van der Waals surface area contributed by atoms with Crippen LogP contribution in [0, 0.1) is 10.1 Å². The molecular weight excluding hydrogens is 418 g/mol. The summed E-state index contributed by atoms with van der Waals surface area (Å²) in [5.74, 6) is 0. The van der Waals surface area contributed by atoms with Gasteiger partial charge in [0.2, 0.25) is 10.0 Å². The van der Waals surface area contributed by atoms with E-state index in [2.05, 4.69) is 12.6 Å². The Morgan fingerprint density at radius 2 is 1.79 bits per heavy atom. The van der Waals surface area contributed by atoms with Crippen LogP contribution in [-0.2, 0) is 16.4 Å². The maximum absolute atomic E-state index is 13.0. The minimum absolute atomic E-state index is 0.0160. The number of hydrogen-bond acceptors (Lipinski definition) is 5. The van der Waals surface area contributed by atoms with E-state index in [-0.39, 0.29) is 23.2 Å². The van der Waals surface area contributed by atoms with E-state index in [1.807, 2.05) is 4.90 Å². The van der Waals surface area contributed by atoms with Crippen molar-refractivity contribution in [2.75, 3.05) is 19.6 Å². The molecule has 1 aliphatic rings. The number of nitro groups is 1. The molecule has 1 atom stereocenters. The summed E-state index contributed by atoms with van der Waals surface area (Å²) >= 11 is 9.50.